The molecule has 7 nitrogen and oxygen atoms in total. The molecular weight excluding hydrogens is 376 g/mol. The molecule has 1 N–H and O–H groups in total. The maximum absolute atomic E-state index is 12.5. The lowest BCUT2D eigenvalue weighted by molar-refractivity contribution is 0.0770. The molecule has 3 atom stereocenters. The molecule has 1 amide bonds. The number of nitrogens with one attached hydrogen (secondary N) is 1. The highest BCUT2D eigenvalue weighted by molar-refractivity contribution is 7.91. The lowest BCUT2D eigenvalue weighted by atomic mass is 9.92. The van der Waals surface area contributed by atoms with Crippen molar-refractivity contribution < 1.29 is 13.2 Å². The van der Waals surface area contributed by atoms with Crippen LogP contribution in [-0.2, 0) is 9.84 Å². The molecule has 28 heavy (non-hydrogen) atoms. The van der Waals surface area contributed by atoms with Crippen molar-refractivity contribution in [1.82, 2.24) is 14.8 Å². The van der Waals surface area contributed by atoms with Crippen molar-refractivity contribution in [3.63, 3.8) is 0 Å². The summed E-state index contributed by atoms with van der Waals surface area (Å²) >= 11 is 0. The van der Waals surface area contributed by atoms with Gasteiger partial charge in [0.15, 0.2) is 9.84 Å². The largest absolute Gasteiger partial charge is 0.366 e. The Labute approximate surface area is 168 Å². The summed E-state index contributed by atoms with van der Waals surface area (Å²) in [7, 11) is -2.99. The molecule has 3 rings (SSSR count). The van der Waals surface area contributed by atoms with E-state index in [-0.39, 0.29) is 36.5 Å². The van der Waals surface area contributed by atoms with Gasteiger partial charge in [0, 0.05) is 45.0 Å². The standard InChI is InChI=1S/C20H32N4O3S/c1-15-10-16(2)13-23(12-15)14-17(3)22-19-5-4-18(11-21-19)20(25)24-6-8-28(26,27)9-7-24/h4-5,11,15-17H,6-10,12-14H2,1-3H3,(H,21,22). The zero-order valence-electron chi connectivity index (χ0n) is 17.1. The van der Waals surface area contributed by atoms with Crippen molar-refractivity contribution in [3.05, 3.63) is 23.9 Å². The fourth-order valence-electron chi connectivity index (χ4n) is 4.33. The number of piperidine rings is 1. The van der Waals surface area contributed by atoms with E-state index in [0.717, 1.165) is 37.3 Å². The molecule has 0 aromatic carbocycles. The molecule has 1 aromatic heterocycles. The summed E-state index contributed by atoms with van der Waals surface area (Å²) in [5, 5.41) is 3.42. The first kappa shape index (κ1) is 21.0. The number of likely N-dealkylation sites (tertiary alicyclic amines) is 1. The van der Waals surface area contributed by atoms with Gasteiger partial charge >= 0.3 is 0 Å². The van der Waals surface area contributed by atoms with Gasteiger partial charge in [0.05, 0.1) is 17.1 Å². The van der Waals surface area contributed by atoms with Crippen molar-refractivity contribution in [2.75, 3.05) is 49.5 Å². The number of aromatic nitrogens is 1. The molecule has 0 radical (unpaired) electrons. The predicted molar refractivity (Wildman–Crippen MR) is 111 cm³/mol. The lowest BCUT2D eigenvalue weighted by Gasteiger charge is -2.36. The fourth-order valence-corrected chi connectivity index (χ4v) is 5.53. The second-order valence-electron chi connectivity index (χ2n) is 8.59. The van der Waals surface area contributed by atoms with Crippen LogP contribution in [0.15, 0.2) is 18.3 Å². The number of hydrogen-bond acceptors (Lipinski definition) is 6. The van der Waals surface area contributed by atoms with Gasteiger partial charge in [-0.25, -0.2) is 13.4 Å². The van der Waals surface area contributed by atoms with Crippen molar-refractivity contribution in [2.24, 2.45) is 11.8 Å². The molecule has 2 saturated heterocycles. The van der Waals surface area contributed by atoms with Gasteiger partial charge in [0.2, 0.25) is 0 Å². The first-order valence-electron chi connectivity index (χ1n) is 10.2. The topological polar surface area (TPSA) is 82.6 Å². The van der Waals surface area contributed by atoms with Crippen molar-refractivity contribution >= 4 is 21.6 Å². The monoisotopic (exact) mass is 408 g/mol. The van der Waals surface area contributed by atoms with Gasteiger partial charge in [-0.2, -0.15) is 0 Å². The van der Waals surface area contributed by atoms with E-state index < -0.39 is 9.84 Å². The Morgan fingerprint density at radius 2 is 1.86 bits per heavy atom. The van der Waals surface area contributed by atoms with Gasteiger partial charge in [0.1, 0.15) is 5.82 Å². The van der Waals surface area contributed by atoms with Gasteiger partial charge < -0.3 is 15.1 Å². The number of carbonyl (C=O) groups is 1. The highest BCUT2D eigenvalue weighted by Crippen LogP contribution is 2.21. The Hall–Kier alpha value is -1.67. The minimum absolute atomic E-state index is 0.0387. The van der Waals surface area contributed by atoms with E-state index in [2.05, 4.69) is 36.0 Å². The molecule has 0 aliphatic carbocycles. The third-order valence-corrected chi connectivity index (χ3v) is 7.12. The molecule has 8 heteroatoms. The van der Waals surface area contributed by atoms with Crippen LogP contribution in [-0.4, -0.2) is 79.4 Å². The van der Waals surface area contributed by atoms with Crippen LogP contribution in [0.3, 0.4) is 0 Å². The van der Waals surface area contributed by atoms with Crippen LogP contribution in [0.5, 0.6) is 0 Å². The summed E-state index contributed by atoms with van der Waals surface area (Å²) in [6.45, 7) is 10.5. The van der Waals surface area contributed by atoms with Gasteiger partial charge in [-0.05, 0) is 37.3 Å². The number of amides is 1. The second kappa shape index (κ2) is 8.78. The normalized spacial score (nSPS) is 26.6. The smallest absolute Gasteiger partial charge is 0.255 e. The average molecular weight is 409 g/mol. The maximum atomic E-state index is 12.5. The molecule has 0 saturated carbocycles. The summed E-state index contributed by atoms with van der Waals surface area (Å²) < 4.78 is 23.0. The van der Waals surface area contributed by atoms with Crippen LogP contribution in [0.4, 0.5) is 5.82 Å². The molecule has 1 aromatic rings. The van der Waals surface area contributed by atoms with E-state index in [1.165, 1.54) is 6.42 Å². The summed E-state index contributed by atoms with van der Waals surface area (Å²) in [6, 6.07) is 3.85. The number of pyridine rings is 1. The fraction of sp³-hybridized carbons (Fsp3) is 0.700. The molecule has 0 spiro atoms. The third-order valence-electron chi connectivity index (χ3n) is 5.51. The summed E-state index contributed by atoms with van der Waals surface area (Å²) in [5.74, 6) is 2.16. The SMILES string of the molecule is CC1CC(C)CN(CC(C)Nc2ccc(C(=O)N3CCS(=O)(=O)CC3)cn2)C1. The highest BCUT2D eigenvalue weighted by Gasteiger charge is 2.26. The summed E-state index contributed by atoms with van der Waals surface area (Å²) in [6.07, 6.45) is 2.88. The van der Waals surface area contributed by atoms with Crippen molar-refractivity contribution in [2.45, 2.75) is 33.2 Å². The summed E-state index contributed by atoms with van der Waals surface area (Å²) in [5.41, 5.74) is 0.496. The van der Waals surface area contributed by atoms with Crippen LogP contribution >= 0.6 is 0 Å². The lowest BCUT2D eigenvalue weighted by Crippen LogP contribution is -2.44. The molecule has 2 aliphatic rings. The van der Waals surface area contributed by atoms with Crippen LogP contribution in [0.1, 0.15) is 37.6 Å². The Bertz CT molecular complexity index is 757. The van der Waals surface area contributed by atoms with Gasteiger partial charge in [-0.15, -0.1) is 0 Å². The number of anilines is 1. The molecular formula is C20H32N4O3S. The Balaban J connectivity index is 1.52. The quantitative estimate of drug-likeness (QED) is 0.799. The van der Waals surface area contributed by atoms with E-state index >= 15 is 0 Å². The first-order valence-corrected chi connectivity index (χ1v) is 12.0. The van der Waals surface area contributed by atoms with Crippen molar-refractivity contribution in [1.29, 1.82) is 0 Å². The maximum Gasteiger partial charge on any atom is 0.255 e. The number of sulfone groups is 1. The molecule has 2 aliphatic heterocycles. The zero-order chi connectivity index (χ0) is 20.3. The van der Waals surface area contributed by atoms with Crippen LogP contribution in [0.25, 0.3) is 0 Å². The number of carbonyl (C=O) groups excluding carboxylic acids is 1. The van der Waals surface area contributed by atoms with E-state index in [0.29, 0.717) is 5.56 Å². The van der Waals surface area contributed by atoms with Crippen molar-refractivity contribution in [3.8, 4) is 0 Å². The predicted octanol–water partition coefficient (Wildman–Crippen LogP) is 1.73. The Kier molecular flexibility index (Phi) is 6.60. The minimum atomic E-state index is -2.99. The number of nitrogens with zero attached hydrogens (tertiary/aromatic N) is 3. The number of rotatable bonds is 5. The molecule has 0 bridgehead atoms. The third kappa shape index (κ3) is 5.67. The second-order valence-corrected chi connectivity index (χ2v) is 10.9. The minimum Gasteiger partial charge on any atom is -0.366 e. The van der Waals surface area contributed by atoms with E-state index in [9.17, 15) is 13.2 Å². The van der Waals surface area contributed by atoms with Gasteiger partial charge in [0.25, 0.3) is 5.91 Å². The summed E-state index contributed by atoms with van der Waals surface area (Å²) in [4.78, 5) is 21.0. The molecule has 156 valence electrons. The average Bonchev–Trinajstić information content (AvgIpc) is 2.61. The Morgan fingerprint density at radius 1 is 1.21 bits per heavy atom. The van der Waals surface area contributed by atoms with Crippen LogP contribution < -0.4 is 5.32 Å². The van der Waals surface area contributed by atoms with E-state index in [1.807, 2.05) is 6.07 Å². The first-order chi connectivity index (χ1) is 13.2. The molecule has 3 heterocycles. The molecule has 3 unspecified atom stereocenters. The van der Waals surface area contributed by atoms with Gasteiger partial charge in [-0.1, -0.05) is 13.8 Å². The zero-order valence-corrected chi connectivity index (χ0v) is 17.9. The van der Waals surface area contributed by atoms with Gasteiger partial charge in [-0.3, -0.25) is 4.79 Å². The highest BCUT2D eigenvalue weighted by atomic mass is 32.2. The molecule has 2 fully saturated rings. The van der Waals surface area contributed by atoms with Crippen LogP contribution in [0, 0.1) is 11.8 Å². The van der Waals surface area contributed by atoms with E-state index in [1.54, 1.807) is 17.2 Å². The number of hydrogen-bond donors (Lipinski definition) is 1. The van der Waals surface area contributed by atoms with E-state index in [4.69, 9.17) is 0 Å². The Morgan fingerprint density at radius 3 is 2.43 bits per heavy atom. The van der Waals surface area contributed by atoms with Crippen LogP contribution in [0.2, 0.25) is 0 Å².